The Bertz CT molecular complexity index is 1530. The Kier molecular flexibility index (Phi) is 9.44. The van der Waals surface area contributed by atoms with Crippen LogP contribution in [0.2, 0.25) is 0 Å². The van der Waals surface area contributed by atoms with E-state index in [1.165, 1.54) is 20.3 Å². The van der Waals surface area contributed by atoms with Crippen molar-refractivity contribution in [1.82, 2.24) is 14.7 Å². The first kappa shape index (κ1) is 31.0. The fraction of sp³-hybridized carbons (Fsp3) is 0.441. The minimum atomic E-state index is -3.79. The third kappa shape index (κ3) is 6.44. The molecule has 3 aromatic carbocycles. The van der Waals surface area contributed by atoms with Crippen molar-refractivity contribution in [3.8, 4) is 11.5 Å². The van der Waals surface area contributed by atoms with Crippen LogP contribution in [0.15, 0.2) is 76.5 Å². The van der Waals surface area contributed by atoms with Crippen LogP contribution in [-0.4, -0.2) is 88.1 Å². The summed E-state index contributed by atoms with van der Waals surface area (Å²) < 4.78 is 37.5. The van der Waals surface area contributed by atoms with Gasteiger partial charge in [0, 0.05) is 62.5 Å². The molecule has 43 heavy (non-hydrogen) atoms. The lowest BCUT2D eigenvalue weighted by Crippen LogP contribution is -2.57. The number of hydrogen-bond donors (Lipinski definition) is 0. The smallest absolute Gasteiger partial charge is 0.254 e. The summed E-state index contributed by atoms with van der Waals surface area (Å²) in [4.78, 5) is 20.5. The van der Waals surface area contributed by atoms with Crippen LogP contribution in [0.4, 0.5) is 0 Å². The van der Waals surface area contributed by atoms with E-state index in [2.05, 4.69) is 23.6 Å². The van der Waals surface area contributed by atoms with E-state index in [4.69, 9.17) is 9.47 Å². The highest BCUT2D eigenvalue weighted by Gasteiger charge is 2.34. The molecule has 2 heterocycles. The molecule has 0 unspecified atom stereocenters. The Morgan fingerprint density at radius 3 is 2.23 bits per heavy atom. The van der Waals surface area contributed by atoms with Gasteiger partial charge in [-0.05, 0) is 75.1 Å². The highest BCUT2D eigenvalue weighted by atomic mass is 32.2. The summed E-state index contributed by atoms with van der Waals surface area (Å²) in [6, 6.07) is 20.8. The molecule has 8 nitrogen and oxygen atoms in total. The molecule has 0 aliphatic carbocycles. The number of piperidine rings is 1. The summed E-state index contributed by atoms with van der Waals surface area (Å²) in [5, 5.41) is 0. The number of nitrogens with zero attached hydrogens (tertiary/aromatic N) is 3. The molecular weight excluding hydrogens is 562 g/mol. The van der Waals surface area contributed by atoms with Crippen molar-refractivity contribution >= 4 is 15.7 Å². The predicted octanol–water partition coefficient (Wildman–Crippen LogP) is 5.22. The van der Waals surface area contributed by atoms with Crippen molar-refractivity contribution in [3.05, 3.63) is 83.4 Å². The van der Waals surface area contributed by atoms with Crippen molar-refractivity contribution < 1.29 is 22.7 Å². The van der Waals surface area contributed by atoms with Crippen LogP contribution in [0.3, 0.4) is 0 Å². The summed E-state index contributed by atoms with van der Waals surface area (Å²) in [6.45, 7) is 10.9. The van der Waals surface area contributed by atoms with E-state index >= 15 is 0 Å². The average molecular weight is 606 g/mol. The SMILES string of the molecule is COc1ccc(OC)c(S(=O)(=O)c2ccc([C@H](C)N3CCN(C4CCN(C(=O)c5ccccc5C)CC4)C[C@H]3C)cc2)c1. The van der Waals surface area contributed by atoms with Gasteiger partial charge in [0.25, 0.3) is 5.91 Å². The maximum atomic E-state index is 13.5. The Labute approximate surface area is 256 Å². The van der Waals surface area contributed by atoms with Crippen LogP contribution in [0.25, 0.3) is 0 Å². The van der Waals surface area contributed by atoms with Gasteiger partial charge in [0.1, 0.15) is 16.4 Å². The number of ether oxygens (including phenoxy) is 2. The van der Waals surface area contributed by atoms with Crippen LogP contribution >= 0.6 is 0 Å². The highest BCUT2D eigenvalue weighted by molar-refractivity contribution is 7.91. The van der Waals surface area contributed by atoms with E-state index in [9.17, 15) is 13.2 Å². The summed E-state index contributed by atoms with van der Waals surface area (Å²) in [5.41, 5.74) is 2.92. The summed E-state index contributed by atoms with van der Waals surface area (Å²) in [7, 11) is -0.820. The summed E-state index contributed by atoms with van der Waals surface area (Å²) >= 11 is 0. The van der Waals surface area contributed by atoms with Gasteiger partial charge in [-0.25, -0.2) is 8.42 Å². The Hall–Kier alpha value is -3.40. The van der Waals surface area contributed by atoms with E-state index in [1.807, 2.05) is 48.2 Å². The van der Waals surface area contributed by atoms with Gasteiger partial charge >= 0.3 is 0 Å². The minimum Gasteiger partial charge on any atom is -0.497 e. The first-order valence-electron chi connectivity index (χ1n) is 15.1. The number of carbonyl (C=O) groups excluding carboxylic acids is 1. The zero-order valence-corrected chi connectivity index (χ0v) is 26.6. The second-order valence-corrected chi connectivity index (χ2v) is 13.6. The number of amides is 1. The lowest BCUT2D eigenvalue weighted by Gasteiger charge is -2.47. The van der Waals surface area contributed by atoms with Crippen LogP contribution < -0.4 is 9.47 Å². The number of benzene rings is 3. The molecule has 2 atom stereocenters. The number of rotatable bonds is 8. The molecule has 0 aromatic heterocycles. The maximum Gasteiger partial charge on any atom is 0.254 e. The van der Waals surface area contributed by atoms with Crippen LogP contribution in [-0.2, 0) is 9.84 Å². The molecule has 9 heteroatoms. The van der Waals surface area contributed by atoms with E-state index in [0.717, 1.165) is 62.3 Å². The first-order chi connectivity index (χ1) is 20.6. The van der Waals surface area contributed by atoms with Gasteiger partial charge < -0.3 is 14.4 Å². The van der Waals surface area contributed by atoms with Gasteiger partial charge in [-0.2, -0.15) is 0 Å². The molecule has 2 fully saturated rings. The minimum absolute atomic E-state index is 0.0882. The fourth-order valence-corrected chi connectivity index (χ4v) is 8.00. The third-order valence-corrected chi connectivity index (χ3v) is 11.0. The highest BCUT2D eigenvalue weighted by Crippen LogP contribution is 2.34. The third-order valence-electron chi connectivity index (χ3n) is 9.18. The Morgan fingerprint density at radius 2 is 1.60 bits per heavy atom. The number of likely N-dealkylation sites (tertiary alicyclic amines) is 1. The predicted molar refractivity (Wildman–Crippen MR) is 168 cm³/mol. The molecular formula is C34H43N3O5S. The number of piperazine rings is 1. The van der Waals surface area contributed by atoms with E-state index in [1.54, 1.807) is 24.3 Å². The standard InChI is InChI=1S/C34H43N3O5S/c1-24-8-6-7-9-31(24)34(38)35-18-16-28(17-19-35)36-20-21-37(25(2)23-36)26(3)27-10-13-30(14-11-27)43(39,40)33-22-29(41-4)12-15-32(33)42-5/h6-15,22,25-26,28H,16-21,23H2,1-5H3/t25-,26+/m1/s1. The van der Waals surface area contributed by atoms with Crippen LogP contribution in [0.5, 0.6) is 11.5 Å². The molecule has 2 saturated heterocycles. The average Bonchev–Trinajstić information content (AvgIpc) is 3.04. The van der Waals surface area contributed by atoms with Crippen LogP contribution in [0, 0.1) is 6.92 Å². The molecule has 3 aromatic rings. The molecule has 2 aliphatic rings. The normalized spacial score (nSPS) is 19.7. The molecule has 0 N–H and O–H groups in total. The quantitative estimate of drug-likeness (QED) is 0.349. The lowest BCUT2D eigenvalue weighted by atomic mass is 9.98. The van der Waals surface area contributed by atoms with E-state index in [-0.39, 0.29) is 27.5 Å². The molecule has 230 valence electrons. The van der Waals surface area contributed by atoms with Crippen molar-refractivity contribution in [2.24, 2.45) is 0 Å². The number of sulfone groups is 1. The number of aryl methyl sites for hydroxylation is 1. The van der Waals surface area contributed by atoms with Crippen molar-refractivity contribution in [2.45, 2.75) is 61.5 Å². The fourth-order valence-electron chi connectivity index (χ4n) is 6.56. The number of methoxy groups -OCH3 is 2. The Balaban J connectivity index is 1.19. The molecule has 0 spiro atoms. The van der Waals surface area contributed by atoms with Gasteiger partial charge in [0.2, 0.25) is 9.84 Å². The number of hydrogen-bond acceptors (Lipinski definition) is 7. The lowest BCUT2D eigenvalue weighted by molar-refractivity contribution is 0.0135. The summed E-state index contributed by atoms with van der Waals surface area (Å²) in [6.07, 6.45) is 1.99. The molecule has 0 bridgehead atoms. The van der Waals surface area contributed by atoms with Gasteiger partial charge in [0.15, 0.2) is 0 Å². The second-order valence-electron chi connectivity index (χ2n) is 11.7. The monoisotopic (exact) mass is 605 g/mol. The first-order valence-corrected chi connectivity index (χ1v) is 16.5. The topological polar surface area (TPSA) is 79.4 Å². The van der Waals surface area contributed by atoms with Gasteiger partial charge in [0.05, 0.1) is 19.1 Å². The molecule has 0 saturated carbocycles. The Morgan fingerprint density at radius 1 is 0.907 bits per heavy atom. The molecule has 1 amide bonds. The molecule has 2 aliphatic heterocycles. The summed E-state index contributed by atoms with van der Waals surface area (Å²) in [5.74, 6) is 0.887. The largest absolute Gasteiger partial charge is 0.497 e. The molecule has 5 rings (SSSR count). The van der Waals surface area contributed by atoms with Crippen molar-refractivity contribution in [1.29, 1.82) is 0 Å². The zero-order valence-electron chi connectivity index (χ0n) is 25.8. The number of carbonyl (C=O) groups is 1. The van der Waals surface area contributed by atoms with Gasteiger partial charge in [-0.1, -0.05) is 30.3 Å². The second kappa shape index (κ2) is 13.1. The molecule has 0 radical (unpaired) electrons. The van der Waals surface area contributed by atoms with Crippen molar-refractivity contribution in [2.75, 3.05) is 46.9 Å². The van der Waals surface area contributed by atoms with Gasteiger partial charge in [-0.15, -0.1) is 0 Å². The van der Waals surface area contributed by atoms with E-state index in [0.29, 0.717) is 17.8 Å². The van der Waals surface area contributed by atoms with Crippen LogP contribution in [0.1, 0.15) is 54.2 Å². The maximum absolute atomic E-state index is 13.5. The zero-order chi connectivity index (χ0) is 30.7. The van der Waals surface area contributed by atoms with Crippen molar-refractivity contribution in [3.63, 3.8) is 0 Å². The van der Waals surface area contributed by atoms with E-state index < -0.39 is 9.84 Å². The van der Waals surface area contributed by atoms with Gasteiger partial charge in [-0.3, -0.25) is 14.6 Å².